The van der Waals surface area contributed by atoms with Crippen LogP contribution in [0.15, 0.2) is 114 Å². The number of ether oxygens (including phenoxy) is 3. The van der Waals surface area contributed by atoms with E-state index in [9.17, 15) is 13.2 Å². The molecule has 0 aromatic heterocycles. The molecule has 1 unspecified atom stereocenters. The first-order chi connectivity index (χ1) is 24.4. The van der Waals surface area contributed by atoms with Gasteiger partial charge in [0, 0.05) is 25.1 Å². The van der Waals surface area contributed by atoms with E-state index in [-0.39, 0.29) is 29.8 Å². The molecule has 5 rings (SSSR count). The normalized spacial score (nSPS) is 16.0. The second-order valence-electron chi connectivity index (χ2n) is 12.2. The van der Waals surface area contributed by atoms with Gasteiger partial charge in [0.25, 0.3) is 0 Å². The number of methoxy groups -OCH3 is 2. The van der Waals surface area contributed by atoms with E-state index >= 15 is 0 Å². The molecule has 4 aromatic carbocycles. The van der Waals surface area contributed by atoms with Crippen molar-refractivity contribution in [2.24, 2.45) is 0 Å². The molecule has 4 aromatic rings. The summed E-state index contributed by atoms with van der Waals surface area (Å²) in [6, 6.07) is 33.9. The van der Waals surface area contributed by atoms with Gasteiger partial charge in [-0.25, -0.2) is 8.42 Å². The van der Waals surface area contributed by atoms with E-state index in [0.29, 0.717) is 18.1 Å². The van der Waals surface area contributed by atoms with E-state index in [2.05, 4.69) is 29.6 Å². The van der Waals surface area contributed by atoms with Gasteiger partial charge in [0.05, 0.1) is 31.8 Å². The predicted molar refractivity (Wildman–Crippen MR) is 199 cm³/mol. The van der Waals surface area contributed by atoms with Gasteiger partial charge in [0.1, 0.15) is 6.04 Å². The van der Waals surface area contributed by atoms with Crippen molar-refractivity contribution in [2.45, 2.75) is 88.5 Å². The van der Waals surface area contributed by atoms with Gasteiger partial charge in [-0.1, -0.05) is 105 Å². The Morgan fingerprint density at radius 3 is 1.80 bits per heavy atom. The number of carbonyl (C=O) groups is 1. The van der Waals surface area contributed by atoms with Crippen LogP contribution in [-0.2, 0) is 39.0 Å². The number of sulfonamides is 1. The first-order valence-electron chi connectivity index (χ1n) is 17.6. The lowest BCUT2D eigenvalue weighted by Gasteiger charge is -2.26. The summed E-state index contributed by atoms with van der Waals surface area (Å²) < 4.78 is 46.6. The molecule has 0 radical (unpaired) electrons. The molecule has 1 aliphatic rings. The smallest absolute Gasteiger partial charge is 0.244 e. The van der Waals surface area contributed by atoms with E-state index in [1.54, 1.807) is 6.07 Å². The van der Waals surface area contributed by atoms with Crippen molar-refractivity contribution < 1.29 is 27.4 Å². The number of benzene rings is 4. The van der Waals surface area contributed by atoms with Crippen molar-refractivity contribution in [3.05, 3.63) is 126 Å². The summed E-state index contributed by atoms with van der Waals surface area (Å²) in [4.78, 5) is 14.2. The molecule has 1 amide bonds. The minimum Gasteiger partial charge on any atom is -0.493 e. The molecule has 8 nitrogen and oxygen atoms in total. The van der Waals surface area contributed by atoms with Gasteiger partial charge < -0.3 is 19.5 Å². The number of carbonyl (C=O) groups excluding carboxylic acids is 1. The van der Waals surface area contributed by atoms with E-state index in [1.807, 2.05) is 80.6 Å². The van der Waals surface area contributed by atoms with Crippen molar-refractivity contribution in [1.82, 2.24) is 9.62 Å². The fourth-order valence-electron chi connectivity index (χ4n) is 6.27. The predicted octanol–water partition coefficient (Wildman–Crippen LogP) is 7.61. The van der Waals surface area contributed by atoms with E-state index in [0.717, 1.165) is 44.1 Å². The monoisotopic (exact) mass is 700 g/mol. The molecule has 0 bridgehead atoms. The first-order valence-corrected chi connectivity index (χ1v) is 19.1. The quantitative estimate of drug-likeness (QED) is 0.122. The minimum atomic E-state index is -4.09. The van der Waals surface area contributed by atoms with Crippen LogP contribution in [0.3, 0.4) is 0 Å². The van der Waals surface area contributed by atoms with Gasteiger partial charge in [-0.2, -0.15) is 4.31 Å². The average Bonchev–Trinajstić information content (AvgIpc) is 3.61. The summed E-state index contributed by atoms with van der Waals surface area (Å²) in [5.74, 6) is 0.423. The van der Waals surface area contributed by atoms with E-state index in [4.69, 9.17) is 14.2 Å². The molecule has 0 aliphatic carbocycles. The van der Waals surface area contributed by atoms with Crippen LogP contribution in [0, 0.1) is 0 Å². The summed E-state index contributed by atoms with van der Waals surface area (Å²) in [6.45, 7) is 4.39. The Morgan fingerprint density at radius 1 is 0.760 bits per heavy atom. The second kappa shape index (κ2) is 19.9. The lowest BCUT2D eigenvalue weighted by molar-refractivity contribution is -0.125. The summed E-state index contributed by atoms with van der Waals surface area (Å²) >= 11 is 0. The van der Waals surface area contributed by atoms with Crippen molar-refractivity contribution in [3.63, 3.8) is 0 Å². The van der Waals surface area contributed by atoms with Gasteiger partial charge in [0.15, 0.2) is 11.5 Å². The molecular weight excluding hydrogens is 649 g/mol. The van der Waals surface area contributed by atoms with Gasteiger partial charge in [0.2, 0.25) is 15.9 Å². The summed E-state index contributed by atoms with van der Waals surface area (Å²) in [6.07, 6.45) is 5.01. The number of nitrogens with zero attached hydrogens (tertiary/aromatic N) is 1. The molecule has 1 saturated heterocycles. The third kappa shape index (κ3) is 10.9. The molecule has 0 saturated carbocycles. The molecular formula is C41H52N2O6S. The Balaban J connectivity index is 0.00000276. The van der Waals surface area contributed by atoms with Gasteiger partial charge in [-0.05, 0) is 67.3 Å². The topological polar surface area (TPSA) is 94.2 Å². The highest BCUT2D eigenvalue weighted by atomic mass is 32.2. The first kappa shape index (κ1) is 38.6. The van der Waals surface area contributed by atoms with Crippen LogP contribution in [0.1, 0.15) is 62.6 Å². The highest BCUT2D eigenvalue weighted by molar-refractivity contribution is 7.89. The largest absolute Gasteiger partial charge is 0.493 e. The molecule has 268 valence electrons. The van der Waals surface area contributed by atoms with Crippen LogP contribution in [-0.4, -0.2) is 57.6 Å². The molecule has 50 heavy (non-hydrogen) atoms. The zero-order valence-corrected chi connectivity index (χ0v) is 30.6. The van der Waals surface area contributed by atoms with Crippen LogP contribution in [0.4, 0.5) is 0 Å². The number of nitrogens with one attached hydrogen (secondary N) is 1. The molecule has 1 heterocycles. The van der Waals surface area contributed by atoms with Crippen LogP contribution in [0.25, 0.3) is 0 Å². The lowest BCUT2D eigenvalue weighted by atomic mass is 9.98. The van der Waals surface area contributed by atoms with Gasteiger partial charge in [-0.3, -0.25) is 4.79 Å². The third-order valence-electron chi connectivity index (χ3n) is 8.88. The molecule has 2 atom stereocenters. The molecule has 1 N–H and O–H groups in total. The zero-order chi connectivity index (χ0) is 35.8. The van der Waals surface area contributed by atoms with Gasteiger partial charge >= 0.3 is 0 Å². The molecule has 1 aliphatic heterocycles. The minimum absolute atomic E-state index is 0.0314. The van der Waals surface area contributed by atoms with Gasteiger partial charge in [-0.15, -0.1) is 0 Å². The van der Waals surface area contributed by atoms with Crippen molar-refractivity contribution in [1.29, 1.82) is 0 Å². The SMILES string of the molecule is CC.COc1ccc(S(=O)(=O)N2C[C@H](OCc3ccccc3)CC2C(=O)NC(CCCc2ccccc2)CCCc2ccccc2)cc1OC. The Bertz CT molecular complexity index is 1640. The Hall–Kier alpha value is -4.18. The highest BCUT2D eigenvalue weighted by Gasteiger charge is 2.45. The Morgan fingerprint density at radius 2 is 1.28 bits per heavy atom. The van der Waals surface area contributed by atoms with Crippen molar-refractivity contribution in [3.8, 4) is 11.5 Å². The number of aryl methyl sites for hydroxylation is 2. The molecule has 1 fully saturated rings. The molecule has 9 heteroatoms. The molecule has 0 spiro atoms. The summed E-state index contributed by atoms with van der Waals surface area (Å²) in [7, 11) is -1.13. The number of hydrogen-bond acceptors (Lipinski definition) is 6. The standard InChI is InChI=1S/C39H46N2O6S.C2H6/c1-45-37-25-24-35(27-38(37)46-2)48(43,44)41-28-34(47-29-32-18-10-5-11-19-32)26-36(41)39(42)40-33(22-12-20-30-14-6-3-7-15-30)23-13-21-31-16-8-4-9-17-31;1-2/h3-11,14-19,24-25,27,33-34,36H,12-13,20-23,26,28-29H2,1-2H3,(H,40,42);1-2H3/t34-,36?;/m1./s1. The fraction of sp³-hybridized carbons (Fsp3) is 0.390. The van der Waals surface area contributed by atoms with Crippen molar-refractivity contribution >= 4 is 15.9 Å². The maximum absolute atomic E-state index is 14.2. The van der Waals surface area contributed by atoms with E-state index < -0.39 is 22.2 Å². The number of rotatable bonds is 17. The number of amides is 1. The Kier molecular flexibility index (Phi) is 15.3. The van der Waals surface area contributed by atoms with Crippen LogP contribution >= 0.6 is 0 Å². The van der Waals surface area contributed by atoms with Crippen LogP contribution < -0.4 is 14.8 Å². The maximum Gasteiger partial charge on any atom is 0.244 e. The highest BCUT2D eigenvalue weighted by Crippen LogP contribution is 2.34. The number of hydrogen-bond donors (Lipinski definition) is 1. The lowest BCUT2D eigenvalue weighted by Crippen LogP contribution is -2.48. The maximum atomic E-state index is 14.2. The van der Waals surface area contributed by atoms with Crippen LogP contribution in [0.2, 0.25) is 0 Å². The zero-order valence-electron chi connectivity index (χ0n) is 29.8. The summed E-state index contributed by atoms with van der Waals surface area (Å²) in [5.41, 5.74) is 3.50. The third-order valence-corrected chi connectivity index (χ3v) is 10.7. The summed E-state index contributed by atoms with van der Waals surface area (Å²) in [5, 5.41) is 3.27. The Labute approximate surface area is 298 Å². The van der Waals surface area contributed by atoms with Crippen molar-refractivity contribution in [2.75, 3.05) is 20.8 Å². The average molecular weight is 701 g/mol. The van der Waals surface area contributed by atoms with E-state index in [1.165, 1.54) is 41.8 Å². The second-order valence-corrected chi connectivity index (χ2v) is 14.1. The fourth-order valence-corrected chi connectivity index (χ4v) is 7.92. The van der Waals surface area contributed by atoms with Crippen LogP contribution in [0.5, 0.6) is 11.5 Å².